The molecule has 0 aromatic heterocycles. The Morgan fingerprint density at radius 3 is 2.77 bits per heavy atom. The molecular weight excluding hydrogens is 475 g/mol. The first-order valence-electron chi connectivity index (χ1n) is 12.1. The maximum absolute atomic E-state index is 13.9. The van der Waals surface area contributed by atoms with Crippen molar-refractivity contribution in [1.82, 2.24) is 9.80 Å². The highest BCUT2D eigenvalue weighted by Crippen LogP contribution is 2.42. The lowest BCUT2D eigenvalue weighted by Crippen LogP contribution is -2.49. The highest BCUT2D eigenvalue weighted by molar-refractivity contribution is 6.30. The second-order valence-corrected chi connectivity index (χ2v) is 10.2. The number of amides is 1. The number of nitrogens with zero attached hydrogens (tertiary/aromatic N) is 2. The minimum absolute atomic E-state index is 0.0611. The Morgan fingerprint density at radius 2 is 2.03 bits per heavy atom. The van der Waals surface area contributed by atoms with Crippen LogP contribution in [0.1, 0.15) is 35.2 Å². The molecule has 1 spiro atoms. The number of hydrogen-bond donors (Lipinski definition) is 2. The van der Waals surface area contributed by atoms with Crippen LogP contribution < -0.4 is 9.47 Å². The van der Waals surface area contributed by atoms with Crippen molar-refractivity contribution in [2.24, 2.45) is 0 Å². The van der Waals surface area contributed by atoms with Crippen LogP contribution in [0.3, 0.4) is 0 Å². The normalized spacial score (nSPS) is 22.2. The molecular formula is C26H30ClFN2O5. The lowest BCUT2D eigenvalue weighted by atomic mass is 9.87. The number of halogens is 2. The summed E-state index contributed by atoms with van der Waals surface area (Å²) in [7, 11) is 0. The SMILES string of the molecule is O=C(c1ccc(F)cc1OC[C@@H](O)CN1CCC2(CC1)Cc1cc(Cl)ccc1O2)N1CC[C@H](O)C1. The van der Waals surface area contributed by atoms with Crippen LogP contribution in [0.2, 0.25) is 5.02 Å². The molecule has 5 rings (SSSR count). The topological polar surface area (TPSA) is 82.5 Å². The molecule has 1 amide bonds. The van der Waals surface area contributed by atoms with E-state index in [1.165, 1.54) is 23.1 Å². The lowest BCUT2D eigenvalue weighted by molar-refractivity contribution is -0.00203. The van der Waals surface area contributed by atoms with Crippen LogP contribution in [0.4, 0.5) is 4.39 Å². The van der Waals surface area contributed by atoms with E-state index in [1.807, 2.05) is 18.2 Å². The zero-order valence-electron chi connectivity index (χ0n) is 19.5. The maximum atomic E-state index is 13.9. The summed E-state index contributed by atoms with van der Waals surface area (Å²) >= 11 is 6.12. The molecule has 2 aromatic carbocycles. The van der Waals surface area contributed by atoms with Crippen molar-refractivity contribution in [1.29, 1.82) is 0 Å². The Bertz CT molecular complexity index is 1090. The van der Waals surface area contributed by atoms with Crippen molar-refractivity contribution in [3.8, 4) is 11.5 Å². The molecule has 3 heterocycles. The van der Waals surface area contributed by atoms with Crippen LogP contribution in [0.15, 0.2) is 36.4 Å². The highest BCUT2D eigenvalue weighted by atomic mass is 35.5. The third-order valence-electron chi connectivity index (χ3n) is 7.15. The number of aliphatic hydroxyl groups excluding tert-OH is 2. The summed E-state index contributed by atoms with van der Waals surface area (Å²) in [5, 5.41) is 21.0. The largest absolute Gasteiger partial charge is 0.490 e. The number of β-amino-alcohol motifs (C(OH)–C–C–N with tert-alkyl or cyclic N) is 2. The molecule has 2 atom stereocenters. The van der Waals surface area contributed by atoms with Gasteiger partial charge in [0.1, 0.15) is 35.6 Å². The zero-order chi connectivity index (χ0) is 24.6. The van der Waals surface area contributed by atoms with Gasteiger partial charge in [0.25, 0.3) is 5.91 Å². The summed E-state index contributed by atoms with van der Waals surface area (Å²) in [6.07, 6.45) is 1.70. The Labute approximate surface area is 209 Å². The molecule has 35 heavy (non-hydrogen) atoms. The van der Waals surface area contributed by atoms with Crippen LogP contribution >= 0.6 is 11.6 Å². The second kappa shape index (κ2) is 9.93. The van der Waals surface area contributed by atoms with E-state index in [9.17, 15) is 19.4 Å². The van der Waals surface area contributed by atoms with Crippen LogP contribution in [0.25, 0.3) is 0 Å². The monoisotopic (exact) mass is 504 g/mol. The Balaban J connectivity index is 1.13. The van der Waals surface area contributed by atoms with Crippen molar-refractivity contribution in [2.75, 3.05) is 39.3 Å². The van der Waals surface area contributed by atoms with E-state index in [-0.39, 0.29) is 36.0 Å². The number of benzene rings is 2. The van der Waals surface area contributed by atoms with Gasteiger partial charge >= 0.3 is 0 Å². The summed E-state index contributed by atoms with van der Waals surface area (Å²) in [5.41, 5.74) is 1.15. The Hall–Kier alpha value is -2.39. The standard InChI is InChI=1S/C26H30ClFN2O5/c27-18-1-4-23-17(11-18)13-26(35-23)6-9-29(10-7-26)14-21(32)16-34-24-12-19(28)2-3-22(24)25(33)30-8-5-20(31)15-30/h1-4,11-12,20-21,31-32H,5-10,13-16H2/t20-,21-/m0/s1. The first kappa shape index (κ1) is 24.3. The molecule has 0 radical (unpaired) electrons. The van der Waals surface area contributed by atoms with Gasteiger partial charge in [-0.3, -0.25) is 4.79 Å². The number of likely N-dealkylation sites (tertiary alicyclic amines) is 2. The Morgan fingerprint density at radius 1 is 1.23 bits per heavy atom. The van der Waals surface area contributed by atoms with Crippen molar-refractivity contribution in [3.63, 3.8) is 0 Å². The molecule has 0 unspecified atom stereocenters. The fourth-order valence-electron chi connectivity index (χ4n) is 5.25. The smallest absolute Gasteiger partial charge is 0.257 e. The number of ether oxygens (including phenoxy) is 2. The minimum atomic E-state index is -0.802. The fourth-order valence-corrected chi connectivity index (χ4v) is 5.44. The molecule has 2 fully saturated rings. The number of rotatable bonds is 6. The van der Waals surface area contributed by atoms with E-state index < -0.39 is 18.0 Å². The molecule has 3 aliphatic heterocycles. The van der Waals surface area contributed by atoms with Crippen molar-refractivity contribution >= 4 is 17.5 Å². The number of fused-ring (bicyclic) bond motifs is 1. The molecule has 9 heteroatoms. The third-order valence-corrected chi connectivity index (χ3v) is 7.39. The summed E-state index contributed by atoms with van der Waals surface area (Å²) in [6.45, 7) is 2.59. The van der Waals surface area contributed by atoms with E-state index in [0.717, 1.165) is 43.7 Å². The molecule has 2 N–H and O–H groups in total. The molecule has 0 aliphatic carbocycles. The summed E-state index contributed by atoms with van der Waals surface area (Å²) in [6, 6.07) is 9.51. The number of hydrogen-bond acceptors (Lipinski definition) is 6. The van der Waals surface area contributed by atoms with E-state index in [0.29, 0.717) is 24.5 Å². The van der Waals surface area contributed by atoms with Gasteiger partial charge in [-0.05, 0) is 42.3 Å². The lowest BCUT2D eigenvalue weighted by Gasteiger charge is -2.39. The predicted molar refractivity (Wildman–Crippen MR) is 129 cm³/mol. The van der Waals surface area contributed by atoms with Gasteiger partial charge < -0.3 is 29.5 Å². The fraction of sp³-hybridized carbons (Fsp3) is 0.500. The molecule has 188 valence electrons. The molecule has 0 bridgehead atoms. The first-order chi connectivity index (χ1) is 16.8. The van der Waals surface area contributed by atoms with Crippen molar-refractivity contribution < 1.29 is 28.9 Å². The zero-order valence-corrected chi connectivity index (χ0v) is 20.2. The third kappa shape index (κ3) is 5.40. The van der Waals surface area contributed by atoms with Gasteiger partial charge in [0.15, 0.2) is 0 Å². The van der Waals surface area contributed by atoms with E-state index in [1.54, 1.807) is 0 Å². The van der Waals surface area contributed by atoms with Gasteiger partial charge in [-0.1, -0.05) is 11.6 Å². The minimum Gasteiger partial charge on any atom is -0.490 e. The number of aliphatic hydroxyl groups is 2. The van der Waals surface area contributed by atoms with Gasteiger partial charge in [-0.15, -0.1) is 0 Å². The molecule has 0 saturated carbocycles. The molecule has 2 saturated heterocycles. The molecule has 7 nitrogen and oxygen atoms in total. The van der Waals surface area contributed by atoms with Gasteiger partial charge in [0, 0.05) is 63.1 Å². The molecule has 3 aliphatic rings. The Kier molecular flexibility index (Phi) is 6.90. The van der Waals surface area contributed by atoms with E-state index in [4.69, 9.17) is 21.1 Å². The molecule has 2 aromatic rings. The van der Waals surface area contributed by atoms with E-state index >= 15 is 0 Å². The van der Waals surface area contributed by atoms with Crippen LogP contribution in [-0.4, -0.2) is 83.1 Å². The summed E-state index contributed by atoms with van der Waals surface area (Å²) < 4.78 is 25.9. The van der Waals surface area contributed by atoms with Gasteiger partial charge in [0.2, 0.25) is 0 Å². The van der Waals surface area contributed by atoms with Crippen molar-refractivity contribution in [3.05, 3.63) is 58.4 Å². The summed E-state index contributed by atoms with van der Waals surface area (Å²) in [4.78, 5) is 16.5. The van der Waals surface area contributed by atoms with Gasteiger partial charge in [-0.2, -0.15) is 0 Å². The number of carbonyl (C=O) groups is 1. The maximum Gasteiger partial charge on any atom is 0.257 e. The van der Waals surface area contributed by atoms with Crippen LogP contribution in [-0.2, 0) is 6.42 Å². The van der Waals surface area contributed by atoms with Gasteiger partial charge in [0.05, 0.1) is 11.7 Å². The van der Waals surface area contributed by atoms with E-state index in [2.05, 4.69) is 4.90 Å². The highest BCUT2D eigenvalue weighted by Gasteiger charge is 2.42. The first-order valence-corrected chi connectivity index (χ1v) is 12.5. The summed E-state index contributed by atoms with van der Waals surface area (Å²) in [5.74, 6) is 0.169. The van der Waals surface area contributed by atoms with Crippen LogP contribution in [0.5, 0.6) is 11.5 Å². The average Bonchev–Trinajstić information content (AvgIpc) is 3.42. The number of carbonyl (C=O) groups excluding carboxylic acids is 1. The number of piperidine rings is 1. The van der Waals surface area contributed by atoms with Crippen molar-refractivity contribution in [2.45, 2.75) is 43.5 Å². The predicted octanol–water partition coefficient (Wildman–Crippen LogP) is 2.90. The average molecular weight is 505 g/mol. The van der Waals surface area contributed by atoms with Crippen LogP contribution in [0, 0.1) is 5.82 Å². The van der Waals surface area contributed by atoms with Gasteiger partial charge in [-0.25, -0.2) is 4.39 Å². The second-order valence-electron chi connectivity index (χ2n) is 9.81. The quantitative estimate of drug-likeness (QED) is 0.629.